The van der Waals surface area contributed by atoms with Crippen molar-refractivity contribution in [3.63, 3.8) is 0 Å². The molecule has 2 aliphatic rings. The van der Waals surface area contributed by atoms with Gasteiger partial charge in [-0.05, 0) is 19.1 Å². The Morgan fingerprint density at radius 1 is 1.10 bits per heavy atom. The van der Waals surface area contributed by atoms with Gasteiger partial charge in [-0.25, -0.2) is 4.68 Å². The van der Waals surface area contributed by atoms with Crippen LogP contribution in [0.4, 0.5) is 0 Å². The number of rotatable bonds is 4. The van der Waals surface area contributed by atoms with Gasteiger partial charge >= 0.3 is 0 Å². The molecule has 1 unspecified atom stereocenters. The first-order valence-corrected chi connectivity index (χ1v) is 11.2. The van der Waals surface area contributed by atoms with Crippen molar-refractivity contribution in [3.05, 3.63) is 47.3 Å². The van der Waals surface area contributed by atoms with Gasteiger partial charge in [-0.1, -0.05) is 38.5 Å². The van der Waals surface area contributed by atoms with Gasteiger partial charge in [0.1, 0.15) is 0 Å². The molecule has 2 aromatic rings. The normalized spacial score (nSPS) is 20.8. The first kappa shape index (κ1) is 22.0. The van der Waals surface area contributed by atoms with Gasteiger partial charge in [-0.3, -0.25) is 9.69 Å². The number of carbonyl (C=O) groups excluding carboxylic acids is 1. The molecule has 1 amide bonds. The van der Waals surface area contributed by atoms with Crippen LogP contribution in [-0.2, 0) is 14.9 Å². The van der Waals surface area contributed by atoms with Crippen molar-refractivity contribution in [3.8, 4) is 5.69 Å². The summed E-state index contributed by atoms with van der Waals surface area (Å²) >= 11 is 0. The number of benzene rings is 1. The zero-order valence-electron chi connectivity index (χ0n) is 19.1. The first-order chi connectivity index (χ1) is 14.8. The third-order valence-corrected chi connectivity index (χ3v) is 5.96. The van der Waals surface area contributed by atoms with Gasteiger partial charge in [-0.2, -0.15) is 5.10 Å². The molecule has 0 radical (unpaired) electrons. The summed E-state index contributed by atoms with van der Waals surface area (Å²) in [5.74, 6) is 0.0696. The first-order valence-electron chi connectivity index (χ1n) is 11.2. The zero-order chi connectivity index (χ0) is 22.0. The number of nitrogens with zero attached hydrogens (tertiary/aromatic N) is 4. The minimum Gasteiger partial charge on any atom is -0.376 e. The topological polar surface area (TPSA) is 59.8 Å². The molecule has 3 heterocycles. The SMILES string of the molecule is Cc1ccc(-n2cc(C(=O)N3CCN(CC4COCCO4)CC3)c(C(C)(C)C)n2)cc1. The van der Waals surface area contributed by atoms with Crippen molar-refractivity contribution in [2.45, 2.75) is 39.2 Å². The molecule has 0 N–H and O–H groups in total. The van der Waals surface area contributed by atoms with Gasteiger partial charge in [0.2, 0.25) is 0 Å². The highest BCUT2D eigenvalue weighted by Gasteiger charge is 2.31. The summed E-state index contributed by atoms with van der Waals surface area (Å²) in [6.07, 6.45) is 2.03. The molecule has 2 saturated heterocycles. The fourth-order valence-corrected chi connectivity index (χ4v) is 4.15. The Bertz CT molecular complexity index is 887. The lowest BCUT2D eigenvalue weighted by atomic mass is 9.89. The summed E-state index contributed by atoms with van der Waals surface area (Å²) in [5.41, 5.74) is 3.49. The van der Waals surface area contributed by atoms with E-state index >= 15 is 0 Å². The second kappa shape index (κ2) is 9.10. The number of hydrogen-bond acceptors (Lipinski definition) is 5. The summed E-state index contributed by atoms with van der Waals surface area (Å²) in [5, 5.41) is 4.82. The van der Waals surface area contributed by atoms with E-state index in [0.29, 0.717) is 38.5 Å². The molecule has 31 heavy (non-hydrogen) atoms. The largest absolute Gasteiger partial charge is 0.376 e. The predicted octanol–water partition coefficient (Wildman–Crippen LogP) is 2.65. The van der Waals surface area contributed by atoms with E-state index in [2.05, 4.69) is 44.7 Å². The van der Waals surface area contributed by atoms with Crippen LogP contribution in [0.3, 0.4) is 0 Å². The van der Waals surface area contributed by atoms with Gasteiger partial charge in [0.25, 0.3) is 5.91 Å². The van der Waals surface area contributed by atoms with Crippen molar-refractivity contribution in [2.75, 3.05) is 52.5 Å². The Morgan fingerprint density at radius 2 is 1.81 bits per heavy atom. The maximum absolute atomic E-state index is 13.5. The standard InChI is InChI=1S/C24H34N4O3/c1-18-5-7-19(8-6-18)28-16-21(22(25-28)24(2,3)4)23(29)27-11-9-26(10-12-27)15-20-17-30-13-14-31-20/h5-8,16,20H,9-15,17H2,1-4H3. The molecule has 1 atom stereocenters. The minimum absolute atomic E-state index is 0.0696. The Kier molecular flexibility index (Phi) is 6.46. The summed E-state index contributed by atoms with van der Waals surface area (Å²) in [6, 6.07) is 8.21. The van der Waals surface area contributed by atoms with Crippen molar-refractivity contribution in [1.82, 2.24) is 19.6 Å². The third kappa shape index (κ3) is 5.17. The average molecular weight is 427 g/mol. The highest BCUT2D eigenvalue weighted by molar-refractivity contribution is 5.95. The van der Waals surface area contributed by atoms with E-state index < -0.39 is 0 Å². The predicted molar refractivity (Wildman–Crippen MR) is 120 cm³/mol. The molecule has 0 saturated carbocycles. The van der Waals surface area contributed by atoms with Crippen LogP contribution in [0.5, 0.6) is 0 Å². The summed E-state index contributed by atoms with van der Waals surface area (Å²) in [7, 11) is 0. The van der Waals surface area contributed by atoms with Gasteiger partial charge < -0.3 is 14.4 Å². The molecular weight excluding hydrogens is 392 g/mol. The number of hydrogen-bond donors (Lipinski definition) is 0. The molecule has 2 aliphatic heterocycles. The van der Waals surface area contributed by atoms with E-state index in [1.165, 1.54) is 5.56 Å². The molecular formula is C24H34N4O3. The maximum Gasteiger partial charge on any atom is 0.257 e. The Hall–Kier alpha value is -2.22. The van der Waals surface area contributed by atoms with Gasteiger partial charge in [0.05, 0.1) is 42.9 Å². The lowest BCUT2D eigenvalue weighted by molar-refractivity contribution is -0.0994. The van der Waals surface area contributed by atoms with E-state index in [1.54, 1.807) is 0 Å². The van der Waals surface area contributed by atoms with Gasteiger partial charge in [-0.15, -0.1) is 0 Å². The van der Waals surface area contributed by atoms with Crippen LogP contribution in [0.15, 0.2) is 30.5 Å². The lowest BCUT2D eigenvalue weighted by Gasteiger charge is -2.37. The molecule has 168 valence electrons. The monoisotopic (exact) mass is 426 g/mol. The van der Waals surface area contributed by atoms with Gasteiger partial charge in [0.15, 0.2) is 0 Å². The number of ether oxygens (including phenoxy) is 2. The Labute approximate surface area is 184 Å². The molecule has 7 heteroatoms. The van der Waals surface area contributed by atoms with Crippen LogP contribution in [0.1, 0.15) is 42.4 Å². The van der Waals surface area contributed by atoms with Crippen LogP contribution in [-0.4, -0.2) is 84.1 Å². The van der Waals surface area contributed by atoms with E-state index in [4.69, 9.17) is 14.6 Å². The molecule has 1 aromatic carbocycles. The van der Waals surface area contributed by atoms with Crippen molar-refractivity contribution in [1.29, 1.82) is 0 Å². The number of aromatic nitrogens is 2. The minimum atomic E-state index is -0.221. The fourth-order valence-electron chi connectivity index (χ4n) is 4.15. The van der Waals surface area contributed by atoms with Crippen molar-refractivity contribution >= 4 is 5.91 Å². The maximum atomic E-state index is 13.5. The molecule has 7 nitrogen and oxygen atoms in total. The molecule has 1 aromatic heterocycles. The van der Waals surface area contributed by atoms with Crippen LogP contribution >= 0.6 is 0 Å². The quantitative estimate of drug-likeness (QED) is 0.752. The lowest BCUT2D eigenvalue weighted by Crippen LogP contribution is -2.51. The molecule has 0 aliphatic carbocycles. The zero-order valence-corrected chi connectivity index (χ0v) is 19.1. The summed E-state index contributed by atoms with van der Waals surface area (Å²) in [6.45, 7) is 14.4. The second-order valence-corrected chi connectivity index (χ2v) is 9.58. The second-order valence-electron chi connectivity index (χ2n) is 9.58. The van der Waals surface area contributed by atoms with Crippen LogP contribution in [0, 0.1) is 6.92 Å². The van der Waals surface area contributed by atoms with E-state index in [9.17, 15) is 4.79 Å². The average Bonchev–Trinajstić information content (AvgIpc) is 3.21. The number of carbonyl (C=O) groups is 1. The molecule has 0 bridgehead atoms. The Morgan fingerprint density at radius 3 is 2.42 bits per heavy atom. The van der Waals surface area contributed by atoms with E-state index in [-0.39, 0.29) is 17.4 Å². The molecule has 2 fully saturated rings. The van der Waals surface area contributed by atoms with Crippen molar-refractivity contribution in [2.24, 2.45) is 0 Å². The van der Waals surface area contributed by atoms with Crippen LogP contribution < -0.4 is 0 Å². The van der Waals surface area contributed by atoms with E-state index in [0.717, 1.165) is 31.0 Å². The van der Waals surface area contributed by atoms with Gasteiger partial charge in [0, 0.05) is 44.3 Å². The van der Waals surface area contributed by atoms with Crippen molar-refractivity contribution < 1.29 is 14.3 Å². The smallest absolute Gasteiger partial charge is 0.257 e. The molecule has 4 rings (SSSR count). The third-order valence-electron chi connectivity index (χ3n) is 5.96. The summed E-state index contributed by atoms with van der Waals surface area (Å²) < 4.78 is 13.1. The van der Waals surface area contributed by atoms with Crippen LogP contribution in [0.2, 0.25) is 0 Å². The fraction of sp³-hybridized carbons (Fsp3) is 0.583. The van der Waals surface area contributed by atoms with Crippen LogP contribution in [0.25, 0.3) is 5.69 Å². The molecule has 0 spiro atoms. The number of aryl methyl sites for hydroxylation is 1. The number of amides is 1. The number of piperazine rings is 1. The highest BCUT2D eigenvalue weighted by Crippen LogP contribution is 2.27. The van der Waals surface area contributed by atoms with E-state index in [1.807, 2.05) is 27.9 Å². The Balaban J connectivity index is 1.47. The summed E-state index contributed by atoms with van der Waals surface area (Å²) in [4.78, 5) is 17.8. The highest BCUT2D eigenvalue weighted by atomic mass is 16.6.